The number of rotatable bonds is 1. The van der Waals surface area contributed by atoms with E-state index in [2.05, 4.69) is 30.6 Å². The molecule has 0 bridgehead atoms. The second-order valence-corrected chi connectivity index (χ2v) is 8.01. The summed E-state index contributed by atoms with van der Waals surface area (Å²) in [4.78, 5) is 11.3. The highest BCUT2D eigenvalue weighted by molar-refractivity contribution is 7.15. The first-order chi connectivity index (χ1) is 9.45. The molecule has 0 amide bonds. The van der Waals surface area contributed by atoms with Crippen molar-refractivity contribution >= 4 is 16.5 Å². The van der Waals surface area contributed by atoms with Gasteiger partial charge in [0.15, 0.2) is 5.13 Å². The van der Waals surface area contributed by atoms with Crippen LogP contribution in [0.4, 0.5) is 5.13 Å². The van der Waals surface area contributed by atoms with Crippen molar-refractivity contribution in [2.45, 2.75) is 51.6 Å². The highest BCUT2D eigenvalue weighted by atomic mass is 32.1. The molecule has 5 heteroatoms. The Morgan fingerprint density at radius 3 is 2.50 bits per heavy atom. The number of nitrogens with two attached hydrogens (primary N) is 1. The lowest BCUT2D eigenvalue weighted by Gasteiger charge is -2.42. The molecule has 3 rings (SSSR count). The van der Waals surface area contributed by atoms with Gasteiger partial charge in [0.05, 0.1) is 5.69 Å². The van der Waals surface area contributed by atoms with E-state index >= 15 is 0 Å². The molecule has 1 fully saturated rings. The summed E-state index contributed by atoms with van der Waals surface area (Å²) in [5, 5.41) is 1.20. The molecule has 1 aromatic rings. The van der Waals surface area contributed by atoms with Crippen LogP contribution in [0.3, 0.4) is 0 Å². The number of anilines is 1. The van der Waals surface area contributed by atoms with Gasteiger partial charge in [-0.05, 0) is 40.0 Å². The smallest absolute Gasteiger partial charge is 0.185 e. The number of aromatic nitrogens is 1. The molecule has 2 N–H and O–H groups in total. The minimum absolute atomic E-state index is 0.166. The lowest BCUT2D eigenvalue weighted by Crippen LogP contribution is -2.53. The SMILES string of the molecule is CC(C)(C)N1CCN(c2nc3c(s2)CCCC3N)CC1. The Balaban J connectivity index is 1.70. The highest BCUT2D eigenvalue weighted by Crippen LogP contribution is 2.36. The Morgan fingerprint density at radius 1 is 1.20 bits per heavy atom. The molecule has 2 heterocycles. The van der Waals surface area contributed by atoms with Gasteiger partial charge in [0.1, 0.15) is 0 Å². The van der Waals surface area contributed by atoms with Crippen LogP contribution in [-0.4, -0.2) is 41.6 Å². The summed E-state index contributed by atoms with van der Waals surface area (Å²) in [6.07, 6.45) is 3.48. The van der Waals surface area contributed by atoms with Gasteiger partial charge in [-0.1, -0.05) is 0 Å². The van der Waals surface area contributed by atoms with Gasteiger partial charge in [0.25, 0.3) is 0 Å². The molecular weight excluding hydrogens is 268 g/mol. The van der Waals surface area contributed by atoms with Gasteiger partial charge in [-0.25, -0.2) is 4.98 Å². The first-order valence-electron chi connectivity index (χ1n) is 7.70. The molecule has 1 aliphatic carbocycles. The third-order valence-corrected chi connectivity index (χ3v) is 5.68. The number of thiazole rings is 1. The van der Waals surface area contributed by atoms with Crippen LogP contribution < -0.4 is 10.6 Å². The predicted octanol–water partition coefficient (Wildman–Crippen LogP) is 2.40. The van der Waals surface area contributed by atoms with Crippen molar-refractivity contribution in [2.75, 3.05) is 31.1 Å². The summed E-state index contributed by atoms with van der Waals surface area (Å²) in [6, 6.07) is 0.166. The molecule has 1 atom stereocenters. The fraction of sp³-hybridized carbons (Fsp3) is 0.800. The molecule has 4 nitrogen and oxygen atoms in total. The van der Waals surface area contributed by atoms with Crippen molar-refractivity contribution < 1.29 is 0 Å². The van der Waals surface area contributed by atoms with E-state index in [1.165, 1.54) is 28.5 Å². The zero-order valence-electron chi connectivity index (χ0n) is 12.9. The Hall–Kier alpha value is -0.650. The zero-order chi connectivity index (χ0) is 14.3. The first kappa shape index (κ1) is 14.3. The van der Waals surface area contributed by atoms with Crippen molar-refractivity contribution in [3.8, 4) is 0 Å². The summed E-state index contributed by atoms with van der Waals surface area (Å²) in [7, 11) is 0. The van der Waals surface area contributed by atoms with E-state index in [1.54, 1.807) is 0 Å². The third-order valence-electron chi connectivity index (χ3n) is 4.49. The summed E-state index contributed by atoms with van der Waals surface area (Å²) >= 11 is 1.87. The van der Waals surface area contributed by atoms with Gasteiger partial charge in [-0.15, -0.1) is 11.3 Å². The molecule has 2 aliphatic rings. The number of fused-ring (bicyclic) bond motifs is 1. The summed E-state index contributed by atoms with van der Waals surface area (Å²) < 4.78 is 0. The van der Waals surface area contributed by atoms with Crippen LogP contribution in [0.15, 0.2) is 0 Å². The molecular formula is C15H26N4S. The maximum absolute atomic E-state index is 6.19. The molecule has 0 saturated carbocycles. The van der Waals surface area contributed by atoms with Crippen molar-refractivity contribution in [1.29, 1.82) is 0 Å². The van der Waals surface area contributed by atoms with Crippen molar-refractivity contribution in [3.05, 3.63) is 10.6 Å². The molecule has 1 saturated heterocycles. The maximum atomic E-state index is 6.19. The van der Waals surface area contributed by atoms with Crippen LogP contribution in [0.2, 0.25) is 0 Å². The normalized spacial score (nSPS) is 24.8. The van der Waals surface area contributed by atoms with E-state index in [-0.39, 0.29) is 11.6 Å². The number of nitrogens with zero attached hydrogens (tertiary/aromatic N) is 3. The molecule has 1 unspecified atom stereocenters. The average molecular weight is 294 g/mol. The van der Waals surface area contributed by atoms with Crippen LogP contribution in [0.1, 0.15) is 50.2 Å². The van der Waals surface area contributed by atoms with Gasteiger partial charge in [-0.3, -0.25) is 4.90 Å². The van der Waals surface area contributed by atoms with E-state index in [0.717, 1.165) is 32.6 Å². The quantitative estimate of drug-likeness (QED) is 0.864. The van der Waals surface area contributed by atoms with Crippen LogP contribution in [0, 0.1) is 0 Å². The lowest BCUT2D eigenvalue weighted by molar-refractivity contribution is 0.128. The standard InChI is InChI=1S/C15H26N4S/c1-15(2,3)19-9-7-18(8-10-19)14-17-13-11(16)5-4-6-12(13)20-14/h11H,4-10,16H2,1-3H3. The molecule has 1 aromatic heterocycles. The lowest BCUT2D eigenvalue weighted by atomic mass is 9.99. The average Bonchev–Trinajstić information content (AvgIpc) is 2.83. The largest absolute Gasteiger partial charge is 0.346 e. The van der Waals surface area contributed by atoms with E-state index in [0.29, 0.717) is 0 Å². The Morgan fingerprint density at radius 2 is 1.90 bits per heavy atom. The van der Waals surface area contributed by atoms with Gasteiger partial charge >= 0.3 is 0 Å². The molecule has 0 aromatic carbocycles. The van der Waals surface area contributed by atoms with E-state index in [1.807, 2.05) is 11.3 Å². The summed E-state index contributed by atoms with van der Waals surface area (Å²) in [6.45, 7) is 11.3. The van der Waals surface area contributed by atoms with Crippen molar-refractivity contribution in [1.82, 2.24) is 9.88 Å². The molecule has 0 spiro atoms. The summed E-state index contributed by atoms with van der Waals surface area (Å²) in [5.41, 5.74) is 7.64. The first-order valence-corrected chi connectivity index (χ1v) is 8.52. The van der Waals surface area contributed by atoms with E-state index in [4.69, 9.17) is 10.7 Å². The Labute approximate surface area is 126 Å². The monoisotopic (exact) mass is 294 g/mol. The third kappa shape index (κ3) is 2.71. The molecule has 0 radical (unpaired) electrons. The maximum Gasteiger partial charge on any atom is 0.185 e. The fourth-order valence-corrected chi connectivity index (χ4v) is 4.37. The second kappa shape index (κ2) is 5.28. The van der Waals surface area contributed by atoms with Crippen LogP contribution in [-0.2, 0) is 6.42 Å². The minimum Gasteiger partial charge on any atom is -0.346 e. The minimum atomic E-state index is 0.166. The van der Waals surface area contributed by atoms with Gasteiger partial charge < -0.3 is 10.6 Å². The van der Waals surface area contributed by atoms with Gasteiger partial charge in [0.2, 0.25) is 0 Å². The number of hydrogen-bond donors (Lipinski definition) is 1. The van der Waals surface area contributed by atoms with Crippen LogP contribution >= 0.6 is 11.3 Å². The number of hydrogen-bond acceptors (Lipinski definition) is 5. The number of aryl methyl sites for hydroxylation is 1. The number of piperazine rings is 1. The summed E-state index contributed by atoms with van der Waals surface area (Å²) in [5.74, 6) is 0. The van der Waals surface area contributed by atoms with Gasteiger partial charge in [-0.2, -0.15) is 0 Å². The van der Waals surface area contributed by atoms with E-state index < -0.39 is 0 Å². The fourth-order valence-electron chi connectivity index (χ4n) is 3.14. The molecule has 20 heavy (non-hydrogen) atoms. The van der Waals surface area contributed by atoms with Crippen molar-refractivity contribution in [2.24, 2.45) is 5.73 Å². The van der Waals surface area contributed by atoms with Crippen LogP contribution in [0.5, 0.6) is 0 Å². The second-order valence-electron chi connectivity index (χ2n) is 6.95. The zero-order valence-corrected chi connectivity index (χ0v) is 13.7. The Bertz CT molecular complexity index is 469. The molecule has 112 valence electrons. The van der Waals surface area contributed by atoms with Crippen molar-refractivity contribution in [3.63, 3.8) is 0 Å². The van der Waals surface area contributed by atoms with Gasteiger partial charge in [0, 0.05) is 42.6 Å². The Kier molecular flexibility index (Phi) is 3.77. The highest BCUT2D eigenvalue weighted by Gasteiger charge is 2.29. The molecule has 1 aliphatic heterocycles. The van der Waals surface area contributed by atoms with Crippen LogP contribution in [0.25, 0.3) is 0 Å². The topological polar surface area (TPSA) is 45.4 Å². The van der Waals surface area contributed by atoms with E-state index in [9.17, 15) is 0 Å². The predicted molar refractivity (Wildman–Crippen MR) is 85.5 cm³/mol.